The van der Waals surface area contributed by atoms with E-state index in [2.05, 4.69) is 5.32 Å². The van der Waals surface area contributed by atoms with Gasteiger partial charge in [0.05, 0.1) is 29.5 Å². The van der Waals surface area contributed by atoms with Crippen LogP contribution >= 0.6 is 0 Å². The summed E-state index contributed by atoms with van der Waals surface area (Å²) in [6.07, 6.45) is 0. The predicted octanol–water partition coefficient (Wildman–Crippen LogP) is 3.43. The van der Waals surface area contributed by atoms with E-state index in [-0.39, 0.29) is 31.3 Å². The zero-order chi connectivity index (χ0) is 22.8. The molecule has 168 valence electrons. The maximum absolute atomic E-state index is 14.6. The van der Waals surface area contributed by atoms with Crippen molar-refractivity contribution in [3.05, 3.63) is 64.9 Å². The third-order valence-corrected chi connectivity index (χ3v) is 5.13. The summed E-state index contributed by atoms with van der Waals surface area (Å²) in [6.45, 7) is 1.61. The van der Waals surface area contributed by atoms with E-state index in [0.717, 1.165) is 12.1 Å². The Morgan fingerprint density at radius 2 is 1.88 bits per heavy atom. The second kappa shape index (κ2) is 8.83. The first-order valence-corrected chi connectivity index (χ1v) is 9.73. The summed E-state index contributed by atoms with van der Waals surface area (Å²) in [5.41, 5.74) is -0.0341. The van der Waals surface area contributed by atoms with Crippen LogP contribution in [0.4, 0.5) is 19.3 Å². The van der Waals surface area contributed by atoms with Crippen LogP contribution in [0.5, 0.6) is 11.5 Å². The van der Waals surface area contributed by atoms with Gasteiger partial charge in [-0.15, -0.1) is 0 Å². The summed E-state index contributed by atoms with van der Waals surface area (Å²) < 4.78 is 49.9. The number of carbonyl (C=O) groups excluding carboxylic acids is 2. The van der Waals surface area contributed by atoms with Gasteiger partial charge in [0.1, 0.15) is 18.2 Å². The third kappa shape index (κ3) is 3.84. The van der Waals surface area contributed by atoms with Crippen LogP contribution in [0.1, 0.15) is 18.5 Å². The molecular weight excluding hydrogens is 426 g/mol. The number of fused-ring (bicyclic) bond motifs is 1. The molecule has 0 saturated heterocycles. The van der Waals surface area contributed by atoms with Crippen LogP contribution in [0, 0.1) is 11.6 Å². The van der Waals surface area contributed by atoms with Gasteiger partial charge >= 0.3 is 12.0 Å². The molecule has 1 N–H and O–H groups in total. The summed E-state index contributed by atoms with van der Waals surface area (Å²) in [7, 11) is 1.44. The minimum absolute atomic E-state index is 0.0471. The van der Waals surface area contributed by atoms with Crippen LogP contribution in [0.2, 0.25) is 0 Å². The molecule has 0 fully saturated rings. The first kappa shape index (κ1) is 21.6. The van der Waals surface area contributed by atoms with Crippen molar-refractivity contribution >= 4 is 17.7 Å². The van der Waals surface area contributed by atoms with Crippen molar-refractivity contribution in [1.29, 1.82) is 0 Å². The Morgan fingerprint density at radius 3 is 2.59 bits per heavy atom. The molecule has 8 nitrogen and oxygen atoms in total. The molecule has 2 aliphatic rings. The monoisotopic (exact) mass is 446 g/mol. The lowest BCUT2D eigenvalue weighted by atomic mass is 9.93. The number of ether oxygens (including phenoxy) is 4. The number of methoxy groups -OCH3 is 1. The molecule has 0 radical (unpaired) electrons. The van der Waals surface area contributed by atoms with Crippen LogP contribution < -0.4 is 19.7 Å². The Morgan fingerprint density at radius 1 is 1.16 bits per heavy atom. The van der Waals surface area contributed by atoms with Crippen molar-refractivity contribution < 1.29 is 37.3 Å². The Bertz CT molecular complexity index is 1080. The van der Waals surface area contributed by atoms with Gasteiger partial charge in [-0.2, -0.15) is 0 Å². The smallest absolute Gasteiger partial charge is 0.338 e. The fourth-order valence-corrected chi connectivity index (χ4v) is 3.64. The Hall–Kier alpha value is -3.66. The molecule has 2 heterocycles. The molecule has 1 unspecified atom stereocenters. The van der Waals surface area contributed by atoms with Gasteiger partial charge in [0.15, 0.2) is 11.5 Å². The fraction of sp³-hybridized carbons (Fsp3) is 0.273. The molecule has 0 aliphatic carbocycles. The number of nitrogens with zero attached hydrogens (tertiary/aromatic N) is 1. The SMILES string of the molecule is COCCOC(=O)C1=C(C)N(c2ccc3c(c2)OCO3)C(=O)NC1c1c(F)cccc1F. The molecule has 10 heteroatoms. The third-order valence-electron chi connectivity index (χ3n) is 5.13. The first-order chi connectivity index (χ1) is 15.4. The number of rotatable bonds is 6. The molecule has 2 aromatic carbocycles. The summed E-state index contributed by atoms with van der Waals surface area (Å²) >= 11 is 0. The van der Waals surface area contributed by atoms with E-state index in [1.54, 1.807) is 18.2 Å². The van der Waals surface area contributed by atoms with Crippen molar-refractivity contribution in [3.8, 4) is 11.5 Å². The minimum atomic E-state index is -1.39. The van der Waals surface area contributed by atoms with E-state index in [1.165, 1.54) is 25.0 Å². The van der Waals surface area contributed by atoms with Gasteiger partial charge in [0.2, 0.25) is 6.79 Å². The van der Waals surface area contributed by atoms with E-state index in [4.69, 9.17) is 18.9 Å². The largest absolute Gasteiger partial charge is 0.460 e. The lowest BCUT2D eigenvalue weighted by molar-refractivity contribution is -0.140. The first-order valence-electron chi connectivity index (χ1n) is 9.73. The number of hydrogen-bond acceptors (Lipinski definition) is 6. The normalized spacial score (nSPS) is 17.4. The summed E-state index contributed by atoms with van der Waals surface area (Å²) in [5.74, 6) is -1.70. The van der Waals surface area contributed by atoms with Crippen molar-refractivity contribution in [3.63, 3.8) is 0 Å². The quantitative estimate of drug-likeness (QED) is 0.541. The lowest BCUT2D eigenvalue weighted by Gasteiger charge is -2.35. The molecule has 1 atom stereocenters. The van der Waals surface area contributed by atoms with Crippen LogP contribution in [0.25, 0.3) is 0 Å². The Kier molecular flexibility index (Phi) is 5.95. The molecular formula is C22H20F2N2O6. The minimum Gasteiger partial charge on any atom is -0.460 e. The van der Waals surface area contributed by atoms with Crippen molar-refractivity contribution in [2.45, 2.75) is 13.0 Å². The van der Waals surface area contributed by atoms with Crippen LogP contribution in [0.3, 0.4) is 0 Å². The van der Waals surface area contributed by atoms with Gasteiger partial charge in [0.25, 0.3) is 0 Å². The topological polar surface area (TPSA) is 86.3 Å². The maximum Gasteiger partial charge on any atom is 0.338 e. The predicted molar refractivity (Wildman–Crippen MR) is 108 cm³/mol. The number of nitrogens with one attached hydrogen (secondary N) is 1. The number of amides is 2. The number of benzene rings is 2. The van der Waals surface area contributed by atoms with Crippen LogP contribution in [0.15, 0.2) is 47.7 Å². The Labute approximate surface area is 182 Å². The molecule has 0 spiro atoms. The van der Waals surface area contributed by atoms with E-state index >= 15 is 0 Å². The second-order valence-corrected chi connectivity index (χ2v) is 7.02. The van der Waals surface area contributed by atoms with Crippen molar-refractivity contribution in [2.24, 2.45) is 0 Å². The summed E-state index contributed by atoms with van der Waals surface area (Å²) in [5, 5.41) is 2.53. The van der Waals surface area contributed by atoms with E-state index < -0.39 is 35.2 Å². The van der Waals surface area contributed by atoms with Crippen molar-refractivity contribution in [2.75, 3.05) is 32.0 Å². The standard InChI is InChI=1S/C22H20F2N2O6/c1-12-18(21(27)30-9-8-29-2)20(19-14(23)4-3-5-15(19)24)25-22(28)26(12)13-6-7-16-17(10-13)32-11-31-16/h3-7,10,20H,8-9,11H2,1-2H3,(H,25,28). The highest BCUT2D eigenvalue weighted by molar-refractivity contribution is 6.03. The van der Waals surface area contributed by atoms with Gasteiger partial charge in [-0.3, -0.25) is 4.90 Å². The zero-order valence-electron chi connectivity index (χ0n) is 17.3. The second-order valence-electron chi connectivity index (χ2n) is 7.02. The number of hydrogen-bond donors (Lipinski definition) is 1. The molecule has 32 heavy (non-hydrogen) atoms. The van der Waals surface area contributed by atoms with E-state index in [0.29, 0.717) is 17.2 Å². The molecule has 2 aromatic rings. The molecule has 4 rings (SSSR count). The lowest BCUT2D eigenvalue weighted by Crippen LogP contribution is -2.48. The highest BCUT2D eigenvalue weighted by Gasteiger charge is 2.40. The highest BCUT2D eigenvalue weighted by atomic mass is 19.1. The van der Waals surface area contributed by atoms with Crippen LogP contribution in [-0.4, -0.2) is 39.1 Å². The molecule has 0 saturated carbocycles. The van der Waals surface area contributed by atoms with Crippen LogP contribution in [-0.2, 0) is 14.3 Å². The maximum atomic E-state index is 14.6. The van der Waals surface area contributed by atoms with Gasteiger partial charge in [-0.25, -0.2) is 18.4 Å². The molecule has 0 aromatic heterocycles. The zero-order valence-corrected chi connectivity index (χ0v) is 17.3. The van der Waals surface area contributed by atoms with Crippen molar-refractivity contribution in [1.82, 2.24) is 5.32 Å². The fourth-order valence-electron chi connectivity index (χ4n) is 3.64. The average Bonchev–Trinajstić information content (AvgIpc) is 3.21. The number of anilines is 1. The Balaban J connectivity index is 1.81. The number of esters is 1. The van der Waals surface area contributed by atoms with E-state index in [9.17, 15) is 18.4 Å². The molecule has 0 bridgehead atoms. The summed E-state index contributed by atoms with van der Waals surface area (Å²) in [6, 6.07) is 6.04. The van der Waals surface area contributed by atoms with Gasteiger partial charge in [-0.05, 0) is 31.2 Å². The van der Waals surface area contributed by atoms with Gasteiger partial charge < -0.3 is 24.3 Å². The number of allylic oxidation sites excluding steroid dienone is 1. The number of carbonyl (C=O) groups is 2. The number of urea groups is 1. The molecule has 2 aliphatic heterocycles. The average molecular weight is 446 g/mol. The highest BCUT2D eigenvalue weighted by Crippen LogP contribution is 2.40. The van der Waals surface area contributed by atoms with Gasteiger partial charge in [0, 0.05) is 18.9 Å². The molecule has 2 amide bonds. The summed E-state index contributed by atoms with van der Waals surface area (Å²) in [4.78, 5) is 27.2. The van der Waals surface area contributed by atoms with Gasteiger partial charge in [-0.1, -0.05) is 6.07 Å². The number of halogens is 2. The van der Waals surface area contributed by atoms with E-state index in [1.807, 2.05) is 0 Å².